The molecular formula is C13H18ClN3OS. The average Bonchev–Trinajstić information content (AvgIpc) is 2.65. The van der Waals surface area contributed by atoms with Gasteiger partial charge in [-0.1, -0.05) is 24.9 Å². The Kier molecular flexibility index (Phi) is 5.10. The largest absolute Gasteiger partial charge is 0.378 e. The Morgan fingerprint density at radius 2 is 2.42 bits per heavy atom. The van der Waals surface area contributed by atoms with Gasteiger partial charge < -0.3 is 9.67 Å². The van der Waals surface area contributed by atoms with Crippen molar-refractivity contribution in [2.75, 3.05) is 0 Å². The van der Waals surface area contributed by atoms with Crippen molar-refractivity contribution in [1.82, 2.24) is 14.3 Å². The van der Waals surface area contributed by atoms with E-state index in [0.29, 0.717) is 5.03 Å². The van der Waals surface area contributed by atoms with Crippen molar-refractivity contribution >= 4 is 28.6 Å². The Morgan fingerprint density at radius 3 is 3.16 bits per heavy atom. The molecule has 0 saturated carbocycles. The van der Waals surface area contributed by atoms with Gasteiger partial charge >= 0.3 is 0 Å². The molecule has 1 unspecified atom stereocenters. The zero-order chi connectivity index (χ0) is 13.8. The Labute approximate surface area is 122 Å². The first-order valence-electron chi connectivity index (χ1n) is 6.32. The summed E-state index contributed by atoms with van der Waals surface area (Å²) in [7, 11) is 0. The van der Waals surface area contributed by atoms with Gasteiger partial charge in [0.1, 0.15) is 6.23 Å². The lowest BCUT2D eigenvalue weighted by molar-refractivity contribution is 0.156. The lowest BCUT2D eigenvalue weighted by atomic mass is 10.3. The number of nitrogens with zero attached hydrogens (tertiary/aromatic N) is 2. The minimum atomic E-state index is -0.495. The molecule has 0 amide bonds. The lowest BCUT2D eigenvalue weighted by Gasteiger charge is -2.10. The van der Waals surface area contributed by atoms with Gasteiger partial charge in [-0.2, -0.15) is 0 Å². The molecule has 19 heavy (non-hydrogen) atoms. The first-order chi connectivity index (χ1) is 9.11. The molecule has 0 fully saturated rings. The molecule has 1 aromatic rings. The predicted octanol–water partition coefficient (Wildman–Crippen LogP) is 3.03. The van der Waals surface area contributed by atoms with Crippen molar-refractivity contribution in [3.63, 3.8) is 0 Å². The van der Waals surface area contributed by atoms with Crippen LogP contribution in [0.1, 0.15) is 31.3 Å². The fourth-order valence-corrected chi connectivity index (χ4v) is 2.91. The smallest absolute Gasteiger partial charge is 0.151 e. The molecular weight excluding hydrogens is 282 g/mol. The van der Waals surface area contributed by atoms with E-state index >= 15 is 0 Å². The zero-order valence-electron chi connectivity index (χ0n) is 11.1. The highest BCUT2D eigenvalue weighted by Gasteiger charge is 2.14. The molecule has 4 nitrogen and oxygen atoms in total. The van der Waals surface area contributed by atoms with Gasteiger partial charge in [-0.25, -0.2) is 9.71 Å². The van der Waals surface area contributed by atoms with Crippen molar-refractivity contribution < 1.29 is 5.11 Å². The second-order valence-electron chi connectivity index (χ2n) is 4.46. The van der Waals surface area contributed by atoms with Gasteiger partial charge in [0.25, 0.3) is 0 Å². The maximum absolute atomic E-state index is 9.66. The van der Waals surface area contributed by atoms with Crippen LogP contribution < -0.4 is 4.72 Å². The molecule has 0 aromatic carbocycles. The van der Waals surface area contributed by atoms with Crippen LogP contribution in [0.3, 0.4) is 0 Å². The van der Waals surface area contributed by atoms with E-state index in [-0.39, 0.29) is 0 Å². The number of fused-ring (bicyclic) bond motifs is 1. The number of aromatic nitrogens is 2. The lowest BCUT2D eigenvalue weighted by Crippen LogP contribution is -2.21. The Hall–Kier alpha value is -0.750. The summed E-state index contributed by atoms with van der Waals surface area (Å²) in [6, 6.07) is 0. The van der Waals surface area contributed by atoms with Gasteiger partial charge in [0.2, 0.25) is 0 Å². The van der Waals surface area contributed by atoms with Crippen LogP contribution in [-0.2, 0) is 6.54 Å². The van der Waals surface area contributed by atoms with Crippen LogP contribution in [0.5, 0.6) is 0 Å². The molecule has 0 aliphatic carbocycles. The molecule has 2 heterocycles. The van der Waals surface area contributed by atoms with Gasteiger partial charge in [-0.15, -0.1) is 0 Å². The van der Waals surface area contributed by atoms with Crippen LogP contribution in [0.15, 0.2) is 23.3 Å². The molecule has 2 N–H and O–H groups in total. The van der Waals surface area contributed by atoms with Gasteiger partial charge in [0, 0.05) is 23.3 Å². The second-order valence-corrected chi connectivity index (χ2v) is 5.78. The molecule has 1 aliphatic rings. The first-order valence-corrected chi connectivity index (χ1v) is 7.51. The SMILES string of the molecule is CCCC(O)NSC1=CCn2c(C)cnc2C(Cl)=C1. The van der Waals surface area contributed by atoms with Crippen molar-refractivity contribution in [1.29, 1.82) is 0 Å². The zero-order valence-corrected chi connectivity index (χ0v) is 12.6. The van der Waals surface area contributed by atoms with Crippen LogP contribution in [0.4, 0.5) is 0 Å². The highest BCUT2D eigenvalue weighted by Crippen LogP contribution is 2.28. The Balaban J connectivity index is 2.05. The van der Waals surface area contributed by atoms with Crippen molar-refractivity contribution in [3.8, 4) is 0 Å². The van der Waals surface area contributed by atoms with Crippen molar-refractivity contribution in [3.05, 3.63) is 34.8 Å². The van der Waals surface area contributed by atoms with E-state index in [1.807, 2.05) is 26.1 Å². The maximum atomic E-state index is 9.66. The molecule has 2 rings (SSSR count). The summed E-state index contributed by atoms with van der Waals surface area (Å²) in [6.07, 6.45) is 6.95. The minimum Gasteiger partial charge on any atom is -0.378 e. The summed E-state index contributed by atoms with van der Waals surface area (Å²) in [5.74, 6) is 0.792. The van der Waals surface area contributed by atoms with E-state index in [0.717, 1.165) is 35.8 Å². The summed E-state index contributed by atoms with van der Waals surface area (Å²) in [4.78, 5) is 5.30. The van der Waals surface area contributed by atoms with Crippen LogP contribution in [0.25, 0.3) is 5.03 Å². The summed E-state index contributed by atoms with van der Waals surface area (Å²) in [5.41, 5.74) is 1.09. The van der Waals surface area contributed by atoms with Crippen LogP contribution in [-0.4, -0.2) is 20.9 Å². The fourth-order valence-electron chi connectivity index (χ4n) is 1.85. The predicted molar refractivity (Wildman–Crippen MR) is 80.5 cm³/mol. The van der Waals surface area contributed by atoms with E-state index in [4.69, 9.17) is 11.6 Å². The van der Waals surface area contributed by atoms with Crippen molar-refractivity contribution in [2.45, 2.75) is 39.5 Å². The summed E-state index contributed by atoms with van der Waals surface area (Å²) in [6.45, 7) is 4.79. The molecule has 6 heteroatoms. The number of aryl methyl sites for hydroxylation is 1. The Morgan fingerprint density at radius 1 is 1.63 bits per heavy atom. The van der Waals surface area contributed by atoms with Gasteiger partial charge in [0.05, 0.1) is 5.03 Å². The van der Waals surface area contributed by atoms with Gasteiger partial charge in [0.15, 0.2) is 5.82 Å². The van der Waals surface area contributed by atoms with Crippen LogP contribution in [0.2, 0.25) is 0 Å². The molecule has 1 atom stereocenters. The third-order valence-corrected chi connectivity index (χ3v) is 4.08. The molecule has 0 bridgehead atoms. The molecule has 0 spiro atoms. The molecule has 1 aliphatic heterocycles. The monoisotopic (exact) mass is 299 g/mol. The molecule has 1 aromatic heterocycles. The third kappa shape index (κ3) is 3.63. The van der Waals surface area contributed by atoms with E-state index < -0.39 is 6.23 Å². The number of aliphatic hydroxyl groups is 1. The van der Waals surface area contributed by atoms with Gasteiger partial charge in [-0.05, 0) is 37.4 Å². The van der Waals surface area contributed by atoms with Crippen LogP contribution >= 0.6 is 23.5 Å². The number of hydrogen-bond donors (Lipinski definition) is 2. The highest BCUT2D eigenvalue weighted by molar-refractivity contribution is 8.01. The highest BCUT2D eigenvalue weighted by atomic mass is 35.5. The first kappa shape index (κ1) is 14.7. The number of nitrogens with one attached hydrogen (secondary N) is 1. The van der Waals surface area contributed by atoms with E-state index in [1.165, 1.54) is 11.9 Å². The second kappa shape index (κ2) is 6.61. The summed E-state index contributed by atoms with van der Waals surface area (Å²) in [5, 5.41) is 10.3. The van der Waals surface area contributed by atoms with Crippen molar-refractivity contribution in [2.24, 2.45) is 0 Å². The molecule has 0 saturated heterocycles. The number of aliphatic hydroxyl groups excluding tert-OH is 1. The fraction of sp³-hybridized carbons (Fsp3) is 0.462. The Bertz CT molecular complexity index is 510. The standard InChI is InChI=1S/C13H18ClN3OS/c1-3-4-12(18)16-19-10-5-6-17-9(2)8-15-13(17)11(14)7-10/h5,7-8,12,16,18H,3-4,6H2,1-2H3. The minimum absolute atomic E-state index is 0.495. The average molecular weight is 300 g/mol. The van der Waals surface area contributed by atoms with E-state index in [2.05, 4.69) is 20.3 Å². The molecule has 104 valence electrons. The number of allylic oxidation sites excluding steroid dienone is 2. The molecule has 0 radical (unpaired) electrons. The number of imidazole rings is 1. The quantitative estimate of drug-likeness (QED) is 0.648. The summed E-state index contributed by atoms with van der Waals surface area (Å²) < 4.78 is 5.07. The number of hydrogen-bond acceptors (Lipinski definition) is 4. The topological polar surface area (TPSA) is 50.1 Å². The third-order valence-electron chi connectivity index (χ3n) is 2.89. The van der Waals surface area contributed by atoms with E-state index in [1.54, 1.807) is 0 Å². The maximum Gasteiger partial charge on any atom is 0.151 e. The number of halogens is 1. The normalized spacial score (nSPS) is 16.4. The van der Waals surface area contributed by atoms with E-state index in [9.17, 15) is 5.11 Å². The summed E-state index contributed by atoms with van der Waals surface area (Å²) >= 11 is 7.67. The van der Waals surface area contributed by atoms with Crippen LogP contribution in [0, 0.1) is 6.92 Å². The number of rotatable bonds is 5. The van der Waals surface area contributed by atoms with Gasteiger partial charge in [-0.3, -0.25) is 0 Å².